The fourth-order valence-corrected chi connectivity index (χ4v) is 1.22. The van der Waals surface area contributed by atoms with E-state index in [0.717, 1.165) is 24.5 Å². The highest BCUT2D eigenvalue weighted by atomic mass is 16.5. The van der Waals surface area contributed by atoms with Gasteiger partial charge in [0.2, 0.25) is 0 Å². The molecule has 0 atom stereocenters. The van der Waals surface area contributed by atoms with Crippen LogP contribution in [-0.4, -0.2) is 13.6 Å². The van der Waals surface area contributed by atoms with Crippen molar-refractivity contribution in [3.63, 3.8) is 0 Å². The summed E-state index contributed by atoms with van der Waals surface area (Å²) in [5, 5.41) is 3.11. The Balaban J connectivity index is 2.68. The Labute approximate surface area is 80.0 Å². The Hall–Kier alpha value is -1.02. The van der Waals surface area contributed by atoms with Crippen molar-refractivity contribution in [3.8, 4) is 0 Å². The number of nitrogens with one attached hydrogen (secondary N) is 1. The summed E-state index contributed by atoms with van der Waals surface area (Å²) in [6.45, 7) is 5.00. The molecule has 72 valence electrons. The molecule has 2 nitrogen and oxygen atoms in total. The summed E-state index contributed by atoms with van der Waals surface area (Å²) in [5.41, 5.74) is 1.21. The van der Waals surface area contributed by atoms with Crippen LogP contribution in [-0.2, 0) is 4.74 Å². The molecule has 0 aromatic rings. The van der Waals surface area contributed by atoms with Gasteiger partial charge in [0.1, 0.15) is 11.5 Å². The summed E-state index contributed by atoms with van der Waals surface area (Å²) in [5.74, 6) is 2.02. The summed E-state index contributed by atoms with van der Waals surface area (Å²) >= 11 is 0. The van der Waals surface area contributed by atoms with E-state index in [9.17, 15) is 0 Å². The zero-order valence-electron chi connectivity index (χ0n) is 8.55. The minimum absolute atomic E-state index is 0.942. The molecule has 1 aliphatic heterocycles. The van der Waals surface area contributed by atoms with Crippen LogP contribution in [0.5, 0.6) is 0 Å². The SMILES string of the molecule is CNCCC1=C(C)C=CC=C(C)O1. The molecule has 1 N–H and O–H groups in total. The maximum atomic E-state index is 5.66. The zero-order chi connectivity index (χ0) is 9.68. The van der Waals surface area contributed by atoms with Crippen LogP contribution < -0.4 is 5.32 Å². The maximum absolute atomic E-state index is 5.66. The van der Waals surface area contributed by atoms with Crippen LogP contribution in [0.4, 0.5) is 0 Å². The van der Waals surface area contributed by atoms with E-state index < -0.39 is 0 Å². The molecule has 2 heteroatoms. The molecule has 0 amide bonds. The Morgan fingerprint density at radius 2 is 2.15 bits per heavy atom. The van der Waals surface area contributed by atoms with Crippen molar-refractivity contribution in [2.45, 2.75) is 20.3 Å². The van der Waals surface area contributed by atoms with Crippen LogP contribution in [0, 0.1) is 0 Å². The summed E-state index contributed by atoms with van der Waals surface area (Å²) in [4.78, 5) is 0. The predicted molar refractivity (Wildman–Crippen MR) is 55.2 cm³/mol. The van der Waals surface area contributed by atoms with Crippen molar-refractivity contribution < 1.29 is 4.74 Å². The van der Waals surface area contributed by atoms with Gasteiger partial charge in [0.15, 0.2) is 0 Å². The van der Waals surface area contributed by atoms with Gasteiger partial charge in [0.05, 0.1) is 0 Å². The molecule has 0 aromatic heterocycles. The number of ether oxygens (including phenoxy) is 1. The van der Waals surface area contributed by atoms with Crippen molar-refractivity contribution in [1.82, 2.24) is 5.32 Å². The molecule has 0 bridgehead atoms. The second-order valence-electron chi connectivity index (χ2n) is 3.20. The highest BCUT2D eigenvalue weighted by Crippen LogP contribution is 2.18. The molecule has 1 heterocycles. The van der Waals surface area contributed by atoms with E-state index in [-0.39, 0.29) is 0 Å². The summed E-state index contributed by atoms with van der Waals surface area (Å²) < 4.78 is 5.66. The third-order valence-corrected chi connectivity index (χ3v) is 2.00. The van der Waals surface area contributed by atoms with E-state index in [1.54, 1.807) is 0 Å². The van der Waals surface area contributed by atoms with Crippen LogP contribution >= 0.6 is 0 Å². The van der Waals surface area contributed by atoms with Gasteiger partial charge in [-0.15, -0.1) is 0 Å². The summed E-state index contributed by atoms with van der Waals surface area (Å²) in [6, 6.07) is 0. The molecule has 0 aliphatic carbocycles. The smallest absolute Gasteiger partial charge is 0.108 e. The fourth-order valence-electron chi connectivity index (χ4n) is 1.22. The van der Waals surface area contributed by atoms with E-state index in [2.05, 4.69) is 18.3 Å². The van der Waals surface area contributed by atoms with E-state index in [1.165, 1.54) is 5.57 Å². The molecule has 1 rings (SSSR count). The van der Waals surface area contributed by atoms with Crippen molar-refractivity contribution in [2.24, 2.45) is 0 Å². The minimum atomic E-state index is 0.942. The van der Waals surface area contributed by atoms with Crippen LogP contribution in [0.2, 0.25) is 0 Å². The summed E-state index contributed by atoms with van der Waals surface area (Å²) in [7, 11) is 1.95. The first-order chi connectivity index (χ1) is 6.24. The highest BCUT2D eigenvalue weighted by molar-refractivity contribution is 5.27. The first-order valence-corrected chi connectivity index (χ1v) is 4.61. The molecule has 13 heavy (non-hydrogen) atoms. The maximum Gasteiger partial charge on any atom is 0.108 e. The molecule has 0 spiro atoms. The average Bonchev–Trinajstić information content (AvgIpc) is 2.25. The molecule has 0 radical (unpaired) electrons. The second-order valence-corrected chi connectivity index (χ2v) is 3.20. The fraction of sp³-hybridized carbons (Fsp3) is 0.455. The van der Waals surface area contributed by atoms with Crippen LogP contribution in [0.25, 0.3) is 0 Å². The largest absolute Gasteiger partial charge is 0.466 e. The number of hydrogen-bond donors (Lipinski definition) is 1. The third-order valence-electron chi connectivity index (χ3n) is 2.00. The van der Waals surface area contributed by atoms with Gasteiger partial charge in [0, 0.05) is 13.0 Å². The minimum Gasteiger partial charge on any atom is -0.466 e. The van der Waals surface area contributed by atoms with Gasteiger partial charge >= 0.3 is 0 Å². The number of rotatable bonds is 3. The molecule has 0 fully saturated rings. The lowest BCUT2D eigenvalue weighted by molar-refractivity contribution is 0.289. The van der Waals surface area contributed by atoms with Gasteiger partial charge < -0.3 is 10.1 Å². The molecule has 1 aliphatic rings. The number of allylic oxidation sites excluding steroid dienone is 5. The van der Waals surface area contributed by atoms with E-state index >= 15 is 0 Å². The first-order valence-electron chi connectivity index (χ1n) is 4.61. The van der Waals surface area contributed by atoms with E-state index in [1.807, 2.05) is 26.1 Å². The van der Waals surface area contributed by atoms with Gasteiger partial charge in [0.25, 0.3) is 0 Å². The Kier molecular flexibility index (Phi) is 3.77. The van der Waals surface area contributed by atoms with Gasteiger partial charge in [-0.1, -0.05) is 12.2 Å². The quantitative estimate of drug-likeness (QED) is 0.718. The molecule has 0 saturated heterocycles. The molecular formula is C11H17NO. The zero-order valence-corrected chi connectivity index (χ0v) is 8.55. The second kappa shape index (κ2) is 4.87. The van der Waals surface area contributed by atoms with E-state index in [4.69, 9.17) is 4.74 Å². The van der Waals surface area contributed by atoms with Gasteiger partial charge in [-0.05, 0) is 32.5 Å². The Morgan fingerprint density at radius 1 is 1.38 bits per heavy atom. The summed E-state index contributed by atoms with van der Waals surface area (Å²) in [6.07, 6.45) is 7.03. The topological polar surface area (TPSA) is 21.3 Å². The Morgan fingerprint density at radius 3 is 2.85 bits per heavy atom. The monoisotopic (exact) mass is 179 g/mol. The van der Waals surface area contributed by atoms with Gasteiger partial charge in [-0.25, -0.2) is 0 Å². The highest BCUT2D eigenvalue weighted by Gasteiger charge is 2.05. The van der Waals surface area contributed by atoms with Crippen LogP contribution in [0.3, 0.4) is 0 Å². The predicted octanol–water partition coefficient (Wildman–Crippen LogP) is 2.36. The van der Waals surface area contributed by atoms with E-state index in [0.29, 0.717) is 0 Å². The van der Waals surface area contributed by atoms with Gasteiger partial charge in [-0.3, -0.25) is 0 Å². The van der Waals surface area contributed by atoms with Crippen molar-refractivity contribution >= 4 is 0 Å². The standard InChI is InChI=1S/C11H17NO/c1-9-5-4-6-10(2)13-11(9)7-8-12-3/h4-6,12H,7-8H2,1-3H3. The Bertz CT molecular complexity index is 261. The van der Waals surface area contributed by atoms with Crippen molar-refractivity contribution in [2.75, 3.05) is 13.6 Å². The molecule has 0 saturated carbocycles. The normalized spacial score (nSPS) is 16.7. The van der Waals surface area contributed by atoms with Crippen LogP contribution in [0.15, 0.2) is 35.3 Å². The van der Waals surface area contributed by atoms with Crippen LogP contribution in [0.1, 0.15) is 20.3 Å². The van der Waals surface area contributed by atoms with Crippen molar-refractivity contribution in [3.05, 3.63) is 35.3 Å². The van der Waals surface area contributed by atoms with Crippen molar-refractivity contribution in [1.29, 1.82) is 0 Å². The third kappa shape index (κ3) is 3.07. The number of hydrogen-bond acceptors (Lipinski definition) is 2. The molecule has 0 unspecified atom stereocenters. The molecule has 0 aromatic carbocycles. The molecular weight excluding hydrogens is 162 g/mol. The lowest BCUT2D eigenvalue weighted by atomic mass is 10.2. The average molecular weight is 179 g/mol. The first kappa shape index (κ1) is 10.1. The lowest BCUT2D eigenvalue weighted by Crippen LogP contribution is -2.09. The van der Waals surface area contributed by atoms with Gasteiger partial charge in [-0.2, -0.15) is 0 Å². The lowest BCUT2D eigenvalue weighted by Gasteiger charge is -2.10.